The Labute approximate surface area is 269 Å². The normalized spacial score (nSPS) is 13.5. The lowest BCUT2D eigenvalue weighted by Gasteiger charge is -2.34. The highest BCUT2D eigenvalue weighted by Crippen LogP contribution is 2.32. The van der Waals surface area contributed by atoms with Crippen molar-refractivity contribution in [2.24, 2.45) is 0 Å². The topological polar surface area (TPSA) is 131 Å². The smallest absolute Gasteiger partial charge is 0.241 e. The number of ether oxygens (including phenoxy) is 4. The number of anilines is 4. The molecule has 1 aromatic carbocycles. The average molecular weight is 646 g/mol. The Hall–Kier alpha value is -3.56. The fourth-order valence-electron chi connectivity index (χ4n) is 4.81. The van der Waals surface area contributed by atoms with E-state index in [9.17, 15) is 4.79 Å². The first-order valence-corrected chi connectivity index (χ1v) is 15.3. The van der Waals surface area contributed by atoms with Crippen molar-refractivity contribution in [3.05, 3.63) is 34.9 Å². The number of nitrogens with one attached hydrogen (secondary N) is 1. The number of piperazine rings is 1. The Bertz CT molecular complexity index is 1390. The van der Waals surface area contributed by atoms with Gasteiger partial charge in [0.15, 0.2) is 11.6 Å². The highest BCUT2D eigenvalue weighted by atomic mass is 35.5. The Morgan fingerprint density at radius 3 is 1.96 bits per heavy atom. The van der Waals surface area contributed by atoms with E-state index < -0.39 is 0 Å². The fraction of sp³-hybridized carbons (Fsp3) is 0.567. The molecule has 2 aromatic heterocycles. The standard InChI is InChI=1S/C30H44ClN9O5/c1-37-9-10-40(21-24(37)41)28-26-25(33-30(36-28)39(13-17-44-4)14-18-45-5)27(32-20-22-7-6-8-23(31)19-22)35-29(34-26)38(11-15-42-2)12-16-43-3/h6-8,19H,9-18,20-21H2,1-5H3,(H,32,34,35). The van der Waals surface area contributed by atoms with E-state index in [1.165, 1.54) is 0 Å². The summed E-state index contributed by atoms with van der Waals surface area (Å²) in [6, 6.07) is 7.64. The summed E-state index contributed by atoms with van der Waals surface area (Å²) in [5.41, 5.74) is 2.05. The first kappa shape index (κ1) is 34.3. The number of halogens is 1. The van der Waals surface area contributed by atoms with Crippen molar-refractivity contribution in [2.45, 2.75) is 6.54 Å². The summed E-state index contributed by atoms with van der Waals surface area (Å²) in [5.74, 6) is 2.03. The largest absolute Gasteiger partial charge is 0.383 e. The summed E-state index contributed by atoms with van der Waals surface area (Å²) in [5, 5.41) is 4.13. The molecule has 0 bridgehead atoms. The molecule has 0 atom stereocenters. The molecule has 0 spiro atoms. The third-order valence-corrected chi connectivity index (χ3v) is 7.67. The van der Waals surface area contributed by atoms with E-state index in [1.54, 1.807) is 33.3 Å². The molecule has 0 saturated carbocycles. The Morgan fingerprint density at radius 1 is 0.822 bits per heavy atom. The predicted molar refractivity (Wildman–Crippen MR) is 176 cm³/mol. The van der Waals surface area contributed by atoms with Crippen LogP contribution in [0.2, 0.25) is 5.02 Å². The molecule has 246 valence electrons. The van der Waals surface area contributed by atoms with E-state index in [2.05, 4.69) is 5.32 Å². The van der Waals surface area contributed by atoms with Gasteiger partial charge in [0.05, 0.1) is 33.0 Å². The summed E-state index contributed by atoms with van der Waals surface area (Å²) in [6.45, 7) is 5.81. The van der Waals surface area contributed by atoms with Crippen LogP contribution in [0.4, 0.5) is 23.5 Å². The molecule has 1 N–H and O–H groups in total. The van der Waals surface area contributed by atoms with Crippen molar-refractivity contribution < 1.29 is 23.7 Å². The van der Waals surface area contributed by atoms with Gasteiger partial charge in [0, 0.05) is 86.3 Å². The molecule has 1 aliphatic rings. The van der Waals surface area contributed by atoms with E-state index >= 15 is 0 Å². The van der Waals surface area contributed by atoms with Gasteiger partial charge in [-0.2, -0.15) is 9.97 Å². The SMILES string of the molecule is COCCN(CCOC)c1nc(N2CCN(C)C(=O)C2)c2nc(N(CCOC)CCOC)nc(NCc3cccc(Cl)c3)c2n1. The number of nitrogens with zero attached hydrogens (tertiary/aromatic N) is 8. The third-order valence-electron chi connectivity index (χ3n) is 7.43. The van der Waals surface area contributed by atoms with Crippen molar-refractivity contribution in [1.82, 2.24) is 24.8 Å². The minimum absolute atomic E-state index is 0.000541. The van der Waals surface area contributed by atoms with Crippen LogP contribution in [0.1, 0.15) is 5.56 Å². The van der Waals surface area contributed by atoms with Gasteiger partial charge in [-0.15, -0.1) is 0 Å². The number of carbonyl (C=O) groups is 1. The van der Waals surface area contributed by atoms with Crippen LogP contribution in [0, 0.1) is 0 Å². The Morgan fingerprint density at radius 2 is 1.40 bits per heavy atom. The van der Waals surface area contributed by atoms with E-state index in [1.807, 2.05) is 46.0 Å². The number of amides is 1. The second kappa shape index (κ2) is 17.2. The van der Waals surface area contributed by atoms with E-state index in [4.69, 9.17) is 50.5 Å². The molecule has 1 aliphatic heterocycles. The van der Waals surface area contributed by atoms with Gasteiger partial charge < -0.3 is 43.9 Å². The van der Waals surface area contributed by atoms with Gasteiger partial charge in [-0.3, -0.25) is 4.79 Å². The monoisotopic (exact) mass is 645 g/mol. The van der Waals surface area contributed by atoms with Gasteiger partial charge in [0.2, 0.25) is 17.8 Å². The zero-order valence-electron chi connectivity index (χ0n) is 26.8. The zero-order chi connectivity index (χ0) is 32.2. The molecule has 15 heteroatoms. The number of aromatic nitrogens is 4. The maximum Gasteiger partial charge on any atom is 0.241 e. The van der Waals surface area contributed by atoms with Gasteiger partial charge in [-0.1, -0.05) is 23.7 Å². The molecule has 45 heavy (non-hydrogen) atoms. The van der Waals surface area contributed by atoms with Gasteiger partial charge in [-0.25, -0.2) is 9.97 Å². The lowest BCUT2D eigenvalue weighted by molar-refractivity contribution is -0.129. The second-order valence-corrected chi connectivity index (χ2v) is 11.0. The predicted octanol–water partition coefficient (Wildman–Crippen LogP) is 2.16. The van der Waals surface area contributed by atoms with E-state index in [0.717, 1.165) is 5.56 Å². The number of likely N-dealkylation sites (N-methyl/N-ethyl adjacent to an activating group) is 1. The first-order chi connectivity index (χ1) is 21.9. The summed E-state index contributed by atoms with van der Waals surface area (Å²) in [4.78, 5) is 40.7. The minimum Gasteiger partial charge on any atom is -0.383 e. The molecule has 1 fully saturated rings. The number of fused-ring (bicyclic) bond motifs is 1. The molecule has 3 aromatic rings. The second-order valence-electron chi connectivity index (χ2n) is 10.6. The van der Waals surface area contributed by atoms with Crippen molar-refractivity contribution in [3.8, 4) is 0 Å². The van der Waals surface area contributed by atoms with Crippen molar-refractivity contribution in [3.63, 3.8) is 0 Å². The van der Waals surface area contributed by atoms with Gasteiger partial charge in [-0.05, 0) is 17.7 Å². The average Bonchev–Trinajstić information content (AvgIpc) is 3.04. The molecule has 4 rings (SSSR count). The summed E-state index contributed by atoms with van der Waals surface area (Å²) in [7, 11) is 8.43. The first-order valence-electron chi connectivity index (χ1n) is 14.9. The number of hydrogen-bond donors (Lipinski definition) is 1. The van der Waals surface area contributed by atoms with E-state index in [-0.39, 0.29) is 12.5 Å². The van der Waals surface area contributed by atoms with Gasteiger partial charge >= 0.3 is 0 Å². The van der Waals surface area contributed by atoms with Crippen LogP contribution in [0.3, 0.4) is 0 Å². The van der Waals surface area contributed by atoms with Crippen molar-refractivity contribution >= 4 is 52.1 Å². The Kier molecular flexibility index (Phi) is 13.1. The van der Waals surface area contributed by atoms with Crippen molar-refractivity contribution in [2.75, 3.05) is 128 Å². The molecule has 3 heterocycles. The molecule has 0 unspecified atom stereocenters. The molecule has 1 amide bonds. The summed E-state index contributed by atoms with van der Waals surface area (Å²) >= 11 is 6.29. The number of methoxy groups -OCH3 is 4. The van der Waals surface area contributed by atoms with Gasteiger partial charge in [0.1, 0.15) is 11.0 Å². The molecule has 0 radical (unpaired) electrons. The van der Waals surface area contributed by atoms with Crippen molar-refractivity contribution in [1.29, 1.82) is 0 Å². The van der Waals surface area contributed by atoms with Gasteiger partial charge in [0.25, 0.3) is 0 Å². The zero-order valence-corrected chi connectivity index (χ0v) is 27.5. The fourth-order valence-corrected chi connectivity index (χ4v) is 5.02. The molecular weight excluding hydrogens is 602 g/mol. The highest BCUT2D eigenvalue weighted by molar-refractivity contribution is 6.30. The maximum absolute atomic E-state index is 12.9. The van der Waals surface area contributed by atoms with Crippen LogP contribution in [0.5, 0.6) is 0 Å². The van der Waals surface area contributed by atoms with Crippen LogP contribution in [0.25, 0.3) is 11.0 Å². The number of benzene rings is 1. The van der Waals surface area contributed by atoms with Crippen LogP contribution in [-0.4, -0.2) is 138 Å². The lowest BCUT2D eigenvalue weighted by atomic mass is 10.2. The summed E-state index contributed by atoms with van der Waals surface area (Å²) in [6.07, 6.45) is 0. The number of hydrogen-bond acceptors (Lipinski definition) is 13. The third kappa shape index (κ3) is 9.23. The minimum atomic E-state index is 0.000541. The lowest BCUT2D eigenvalue weighted by Crippen LogP contribution is -2.49. The van der Waals surface area contributed by atoms with Crippen LogP contribution < -0.4 is 20.0 Å². The molecular formula is C30H44ClN9O5. The number of rotatable bonds is 18. The van der Waals surface area contributed by atoms with Crippen LogP contribution >= 0.6 is 11.6 Å². The van der Waals surface area contributed by atoms with Crippen LogP contribution in [0.15, 0.2) is 24.3 Å². The number of carbonyl (C=O) groups excluding carboxylic acids is 1. The molecule has 1 saturated heterocycles. The molecule has 14 nitrogen and oxygen atoms in total. The molecule has 0 aliphatic carbocycles. The maximum atomic E-state index is 12.9. The van der Waals surface area contributed by atoms with Crippen LogP contribution in [-0.2, 0) is 30.3 Å². The Balaban J connectivity index is 1.91. The quantitative estimate of drug-likeness (QED) is 0.217. The highest BCUT2D eigenvalue weighted by Gasteiger charge is 2.28. The van der Waals surface area contributed by atoms with E-state index in [0.29, 0.717) is 112 Å². The summed E-state index contributed by atoms with van der Waals surface area (Å²) < 4.78 is 21.6.